The number of piperidine rings is 1. The van der Waals surface area contributed by atoms with Gasteiger partial charge in [-0.2, -0.15) is 0 Å². The van der Waals surface area contributed by atoms with E-state index in [1.54, 1.807) is 30.1 Å². The van der Waals surface area contributed by atoms with Gasteiger partial charge in [-0.25, -0.2) is 4.39 Å². The van der Waals surface area contributed by atoms with Gasteiger partial charge in [0.25, 0.3) is 0 Å². The molecule has 0 aromatic heterocycles. The van der Waals surface area contributed by atoms with Crippen LogP contribution in [0.25, 0.3) is 0 Å². The molecular weight excluding hydrogens is 271 g/mol. The highest BCUT2D eigenvalue weighted by Gasteiger charge is 2.24. The van der Waals surface area contributed by atoms with Crippen LogP contribution in [0, 0.1) is 5.82 Å². The summed E-state index contributed by atoms with van der Waals surface area (Å²) in [7, 11) is 1.69. The number of benzene rings is 1. The van der Waals surface area contributed by atoms with Crippen LogP contribution in [0.3, 0.4) is 0 Å². The number of amides is 1. The molecule has 0 aliphatic carbocycles. The van der Waals surface area contributed by atoms with Crippen LogP contribution in [0.4, 0.5) is 4.39 Å². The molecule has 1 aromatic carbocycles. The third kappa shape index (κ3) is 4.25. The Bertz CT molecular complexity index is 481. The SMILES string of the molecule is CN(Cc1ccccc1F)C(=O)CN1CCCC[C@@H]1CO. The minimum atomic E-state index is -0.289. The van der Waals surface area contributed by atoms with Crippen LogP contribution in [0.15, 0.2) is 24.3 Å². The van der Waals surface area contributed by atoms with Crippen LogP contribution in [0.2, 0.25) is 0 Å². The van der Waals surface area contributed by atoms with Crippen molar-refractivity contribution >= 4 is 5.91 Å². The molecule has 0 spiro atoms. The van der Waals surface area contributed by atoms with E-state index in [2.05, 4.69) is 0 Å². The van der Waals surface area contributed by atoms with E-state index in [1.165, 1.54) is 6.07 Å². The Morgan fingerprint density at radius 1 is 1.43 bits per heavy atom. The van der Waals surface area contributed by atoms with Gasteiger partial charge in [0, 0.05) is 25.2 Å². The molecule has 1 aliphatic rings. The molecule has 116 valence electrons. The maximum Gasteiger partial charge on any atom is 0.236 e. The van der Waals surface area contributed by atoms with Crippen molar-refractivity contribution in [2.45, 2.75) is 31.8 Å². The lowest BCUT2D eigenvalue weighted by molar-refractivity contribution is -0.132. The highest BCUT2D eigenvalue weighted by atomic mass is 19.1. The smallest absolute Gasteiger partial charge is 0.236 e. The third-order valence-corrected chi connectivity index (χ3v) is 4.09. The minimum Gasteiger partial charge on any atom is -0.395 e. The van der Waals surface area contributed by atoms with E-state index in [0.717, 1.165) is 25.8 Å². The number of carbonyl (C=O) groups excluding carboxylic acids is 1. The van der Waals surface area contributed by atoms with Gasteiger partial charge in [0.1, 0.15) is 5.82 Å². The number of aliphatic hydroxyl groups is 1. The number of hydrogen-bond acceptors (Lipinski definition) is 3. The monoisotopic (exact) mass is 294 g/mol. The number of rotatable bonds is 5. The molecule has 21 heavy (non-hydrogen) atoms. The van der Waals surface area contributed by atoms with Crippen molar-refractivity contribution in [3.8, 4) is 0 Å². The molecule has 1 aromatic rings. The largest absolute Gasteiger partial charge is 0.395 e. The molecule has 0 unspecified atom stereocenters. The number of likely N-dealkylation sites (N-methyl/N-ethyl adjacent to an activating group) is 1. The van der Waals surface area contributed by atoms with Gasteiger partial charge in [0.05, 0.1) is 13.2 Å². The van der Waals surface area contributed by atoms with E-state index in [0.29, 0.717) is 5.56 Å². The first kappa shape index (κ1) is 15.9. The Labute approximate surface area is 125 Å². The van der Waals surface area contributed by atoms with Crippen LogP contribution in [0.1, 0.15) is 24.8 Å². The van der Waals surface area contributed by atoms with Gasteiger partial charge in [0.2, 0.25) is 5.91 Å². The highest BCUT2D eigenvalue weighted by Crippen LogP contribution is 2.17. The Balaban J connectivity index is 1.91. The van der Waals surface area contributed by atoms with Crippen molar-refractivity contribution in [3.63, 3.8) is 0 Å². The zero-order valence-electron chi connectivity index (χ0n) is 12.5. The average molecular weight is 294 g/mol. The van der Waals surface area contributed by atoms with Gasteiger partial charge in [-0.05, 0) is 25.5 Å². The Morgan fingerprint density at radius 2 is 2.19 bits per heavy atom. The van der Waals surface area contributed by atoms with Crippen molar-refractivity contribution in [2.24, 2.45) is 0 Å². The third-order valence-electron chi connectivity index (χ3n) is 4.09. The zero-order valence-corrected chi connectivity index (χ0v) is 12.5. The van der Waals surface area contributed by atoms with Gasteiger partial charge in [-0.1, -0.05) is 24.6 Å². The van der Waals surface area contributed by atoms with Gasteiger partial charge < -0.3 is 10.0 Å². The second-order valence-corrected chi connectivity index (χ2v) is 5.64. The summed E-state index contributed by atoms with van der Waals surface area (Å²) in [5, 5.41) is 9.37. The van der Waals surface area contributed by atoms with E-state index >= 15 is 0 Å². The Morgan fingerprint density at radius 3 is 2.90 bits per heavy atom. The van der Waals surface area contributed by atoms with Crippen molar-refractivity contribution in [1.29, 1.82) is 0 Å². The van der Waals surface area contributed by atoms with Gasteiger partial charge in [0.15, 0.2) is 0 Å². The van der Waals surface area contributed by atoms with Crippen molar-refractivity contribution in [3.05, 3.63) is 35.6 Å². The first-order valence-electron chi connectivity index (χ1n) is 7.44. The van der Waals surface area contributed by atoms with E-state index in [1.807, 2.05) is 4.90 Å². The Hall–Kier alpha value is -1.46. The van der Waals surface area contributed by atoms with Gasteiger partial charge >= 0.3 is 0 Å². The zero-order chi connectivity index (χ0) is 15.2. The lowest BCUT2D eigenvalue weighted by Gasteiger charge is -2.34. The lowest BCUT2D eigenvalue weighted by atomic mass is 10.0. The summed E-state index contributed by atoms with van der Waals surface area (Å²) in [5.74, 6) is -0.332. The van der Waals surface area contributed by atoms with E-state index in [-0.39, 0.29) is 37.5 Å². The van der Waals surface area contributed by atoms with Crippen LogP contribution >= 0.6 is 0 Å². The average Bonchev–Trinajstić information content (AvgIpc) is 2.50. The maximum absolute atomic E-state index is 13.6. The molecule has 1 atom stereocenters. The number of hydrogen-bond donors (Lipinski definition) is 1. The summed E-state index contributed by atoms with van der Waals surface area (Å²) in [6, 6.07) is 6.57. The Kier molecular flexibility index (Phi) is 5.70. The molecule has 1 amide bonds. The predicted molar refractivity (Wildman–Crippen MR) is 79.2 cm³/mol. The van der Waals surface area contributed by atoms with E-state index in [9.17, 15) is 14.3 Å². The summed E-state index contributed by atoms with van der Waals surface area (Å²) >= 11 is 0. The van der Waals surface area contributed by atoms with E-state index in [4.69, 9.17) is 0 Å². The summed E-state index contributed by atoms with van der Waals surface area (Å²) in [5.41, 5.74) is 0.519. The molecule has 1 fully saturated rings. The second kappa shape index (κ2) is 7.52. The number of carbonyl (C=O) groups is 1. The number of likely N-dealkylation sites (tertiary alicyclic amines) is 1. The molecule has 2 rings (SSSR count). The van der Waals surface area contributed by atoms with Crippen LogP contribution in [0.5, 0.6) is 0 Å². The maximum atomic E-state index is 13.6. The van der Waals surface area contributed by atoms with Crippen LogP contribution < -0.4 is 0 Å². The molecule has 0 bridgehead atoms. The summed E-state index contributed by atoms with van der Waals surface area (Å²) in [4.78, 5) is 15.8. The molecular formula is C16H23FN2O2. The molecule has 1 saturated heterocycles. The molecule has 1 N–H and O–H groups in total. The fraction of sp³-hybridized carbons (Fsp3) is 0.562. The second-order valence-electron chi connectivity index (χ2n) is 5.64. The van der Waals surface area contributed by atoms with Crippen molar-refractivity contribution in [2.75, 3.05) is 26.7 Å². The standard InChI is InChI=1S/C16H23FN2O2/c1-18(10-13-6-2-3-8-15(13)17)16(21)11-19-9-5-4-7-14(19)12-20/h2-3,6,8,14,20H,4-5,7,9-12H2,1H3/t14-/m1/s1. The predicted octanol–water partition coefficient (Wildman–Crippen LogP) is 1.63. The highest BCUT2D eigenvalue weighted by molar-refractivity contribution is 5.78. The number of halogens is 1. The molecule has 4 nitrogen and oxygen atoms in total. The normalized spacial score (nSPS) is 19.5. The minimum absolute atomic E-state index is 0.0430. The molecule has 5 heteroatoms. The summed E-state index contributed by atoms with van der Waals surface area (Å²) in [6.45, 7) is 1.48. The van der Waals surface area contributed by atoms with Crippen LogP contribution in [-0.2, 0) is 11.3 Å². The lowest BCUT2D eigenvalue weighted by Crippen LogP contribution is -2.47. The van der Waals surface area contributed by atoms with Crippen molar-refractivity contribution < 1.29 is 14.3 Å². The topological polar surface area (TPSA) is 43.8 Å². The first-order chi connectivity index (χ1) is 10.1. The first-order valence-corrected chi connectivity index (χ1v) is 7.44. The molecule has 1 heterocycles. The molecule has 0 radical (unpaired) electrons. The fourth-order valence-electron chi connectivity index (χ4n) is 2.74. The van der Waals surface area contributed by atoms with Gasteiger partial charge in [-0.3, -0.25) is 9.69 Å². The van der Waals surface area contributed by atoms with Crippen LogP contribution in [-0.4, -0.2) is 53.6 Å². The van der Waals surface area contributed by atoms with Gasteiger partial charge in [-0.15, -0.1) is 0 Å². The van der Waals surface area contributed by atoms with Crippen molar-refractivity contribution in [1.82, 2.24) is 9.80 Å². The molecule has 1 aliphatic heterocycles. The summed E-state index contributed by atoms with van der Waals surface area (Å²) < 4.78 is 13.6. The van der Waals surface area contributed by atoms with E-state index < -0.39 is 0 Å². The molecule has 0 saturated carbocycles. The number of nitrogens with zero attached hydrogens (tertiary/aromatic N) is 2. The number of aliphatic hydroxyl groups excluding tert-OH is 1. The summed E-state index contributed by atoms with van der Waals surface area (Å²) in [6.07, 6.45) is 3.09. The quantitative estimate of drug-likeness (QED) is 0.897. The fourth-order valence-corrected chi connectivity index (χ4v) is 2.74.